The number of carbonyl (C=O) groups excluding carboxylic acids is 1. The maximum absolute atomic E-state index is 16.5. The third-order valence-electron chi connectivity index (χ3n) is 9.44. The number of benzene rings is 3. The standard InChI is InChI=1S/C33H38BrF2N3O4S/c34-25-9-7-22-16-24(8-6-23(22)17-25)33(35,36)31(32(40)39-27-10-11-28(39)19-26(37)18-27)38-44(41,42)30-14-12-29(13-15-30)43-20-21-4-2-1-3-5-21/h6-9,12-17,21,26-28,31,38H,1-5,10-11,18-20,37H2/t26?,27?,28?,31-/m0/s1. The van der Waals surface area contributed by atoms with E-state index in [4.69, 9.17) is 10.5 Å². The summed E-state index contributed by atoms with van der Waals surface area (Å²) < 4.78 is 69.2. The van der Waals surface area contributed by atoms with Gasteiger partial charge in [0.05, 0.1) is 11.5 Å². The lowest BCUT2D eigenvalue weighted by atomic mass is 9.90. The quantitative estimate of drug-likeness (QED) is 0.268. The number of nitrogens with two attached hydrogens (primary N) is 1. The molecule has 44 heavy (non-hydrogen) atoms. The van der Waals surface area contributed by atoms with E-state index in [1.54, 1.807) is 24.3 Å². The summed E-state index contributed by atoms with van der Waals surface area (Å²) in [6.45, 7) is 0.553. The fourth-order valence-corrected chi connectivity index (χ4v) is 8.67. The lowest BCUT2D eigenvalue weighted by Crippen LogP contribution is -2.60. The van der Waals surface area contributed by atoms with Crippen LogP contribution < -0.4 is 15.2 Å². The van der Waals surface area contributed by atoms with Gasteiger partial charge in [-0.25, -0.2) is 8.42 Å². The number of ether oxygens (including phenoxy) is 1. The summed E-state index contributed by atoms with van der Waals surface area (Å²) in [4.78, 5) is 15.3. The van der Waals surface area contributed by atoms with E-state index < -0.39 is 33.5 Å². The van der Waals surface area contributed by atoms with Crippen LogP contribution in [0.4, 0.5) is 8.78 Å². The number of hydrogen-bond donors (Lipinski definition) is 2. The molecule has 11 heteroatoms. The minimum atomic E-state index is -4.52. The Morgan fingerprint density at radius 3 is 2.27 bits per heavy atom. The van der Waals surface area contributed by atoms with Crippen LogP contribution in [0.15, 0.2) is 70.0 Å². The molecular weight excluding hydrogens is 652 g/mol. The molecule has 2 aliphatic heterocycles. The number of alkyl halides is 2. The lowest BCUT2D eigenvalue weighted by Gasteiger charge is -2.41. The van der Waals surface area contributed by atoms with Crippen LogP contribution in [0, 0.1) is 5.92 Å². The van der Waals surface area contributed by atoms with Crippen LogP contribution in [-0.2, 0) is 20.7 Å². The van der Waals surface area contributed by atoms with Crippen LogP contribution in [0.3, 0.4) is 0 Å². The number of halogens is 3. The van der Waals surface area contributed by atoms with Crippen molar-refractivity contribution >= 4 is 42.6 Å². The molecule has 2 bridgehead atoms. The van der Waals surface area contributed by atoms with E-state index in [0.717, 1.165) is 22.7 Å². The summed E-state index contributed by atoms with van der Waals surface area (Å²) >= 11 is 3.39. The maximum atomic E-state index is 16.5. The molecule has 3 fully saturated rings. The molecule has 2 unspecified atom stereocenters. The van der Waals surface area contributed by atoms with Gasteiger partial charge in [0.25, 0.3) is 5.92 Å². The summed E-state index contributed by atoms with van der Waals surface area (Å²) in [5, 5.41) is 1.28. The largest absolute Gasteiger partial charge is 0.493 e. The van der Waals surface area contributed by atoms with E-state index in [-0.39, 0.29) is 23.0 Å². The second-order valence-corrected chi connectivity index (χ2v) is 15.2. The summed E-state index contributed by atoms with van der Waals surface area (Å²) in [5.41, 5.74) is 5.73. The van der Waals surface area contributed by atoms with E-state index in [1.807, 2.05) is 0 Å². The lowest BCUT2D eigenvalue weighted by molar-refractivity contribution is -0.148. The zero-order valence-corrected chi connectivity index (χ0v) is 26.8. The second-order valence-electron chi connectivity index (χ2n) is 12.5. The van der Waals surface area contributed by atoms with E-state index in [9.17, 15) is 13.2 Å². The first-order chi connectivity index (χ1) is 21.0. The van der Waals surface area contributed by atoms with Gasteiger partial charge in [-0.3, -0.25) is 4.79 Å². The molecule has 2 saturated heterocycles. The Kier molecular flexibility index (Phi) is 9.03. The van der Waals surface area contributed by atoms with Crippen LogP contribution in [0.25, 0.3) is 10.8 Å². The molecule has 1 saturated carbocycles. The molecule has 1 aliphatic carbocycles. The second kappa shape index (κ2) is 12.7. The molecule has 3 aromatic carbocycles. The molecule has 3 aliphatic rings. The molecule has 6 rings (SSSR count). The molecule has 7 nitrogen and oxygen atoms in total. The van der Waals surface area contributed by atoms with Crippen LogP contribution in [-0.4, -0.2) is 50.0 Å². The molecule has 3 N–H and O–H groups in total. The van der Waals surface area contributed by atoms with Gasteiger partial charge in [0.2, 0.25) is 15.9 Å². The van der Waals surface area contributed by atoms with Gasteiger partial charge < -0.3 is 15.4 Å². The number of sulfonamides is 1. The van der Waals surface area contributed by atoms with E-state index in [0.29, 0.717) is 49.3 Å². The topological polar surface area (TPSA) is 102 Å². The number of fused-ring (bicyclic) bond motifs is 3. The molecule has 1 amide bonds. The summed E-state index contributed by atoms with van der Waals surface area (Å²) in [7, 11) is -4.52. The Balaban J connectivity index is 1.28. The molecule has 236 valence electrons. The average Bonchev–Trinajstić information content (AvgIpc) is 3.29. The zero-order valence-electron chi connectivity index (χ0n) is 24.4. The minimum absolute atomic E-state index is 0.120. The Bertz CT molecular complexity index is 1600. The smallest absolute Gasteiger partial charge is 0.298 e. The number of rotatable bonds is 9. The van der Waals surface area contributed by atoms with Gasteiger partial charge >= 0.3 is 0 Å². The van der Waals surface area contributed by atoms with Crippen molar-refractivity contribution in [1.82, 2.24) is 9.62 Å². The Labute approximate surface area is 265 Å². The number of amides is 1. The fraction of sp³-hybridized carbons (Fsp3) is 0.485. The van der Waals surface area contributed by atoms with Crippen molar-refractivity contribution < 1.29 is 26.7 Å². The first-order valence-corrected chi connectivity index (χ1v) is 17.7. The highest BCUT2D eigenvalue weighted by Gasteiger charge is 2.53. The highest BCUT2D eigenvalue weighted by Crippen LogP contribution is 2.40. The number of nitrogens with zero attached hydrogens (tertiary/aromatic N) is 1. The molecule has 3 atom stereocenters. The van der Waals surface area contributed by atoms with Crippen molar-refractivity contribution in [3.8, 4) is 5.75 Å². The van der Waals surface area contributed by atoms with Gasteiger partial charge in [-0.2, -0.15) is 13.5 Å². The van der Waals surface area contributed by atoms with Crippen LogP contribution in [0.2, 0.25) is 0 Å². The normalized spacial score (nSPS) is 23.5. The van der Waals surface area contributed by atoms with Crippen molar-refractivity contribution in [2.75, 3.05) is 6.61 Å². The highest BCUT2D eigenvalue weighted by atomic mass is 79.9. The van der Waals surface area contributed by atoms with Gasteiger partial charge in [0, 0.05) is 28.2 Å². The van der Waals surface area contributed by atoms with Gasteiger partial charge in [-0.05, 0) is 97.7 Å². The zero-order chi connectivity index (χ0) is 31.1. The van der Waals surface area contributed by atoms with Gasteiger partial charge in [-0.1, -0.05) is 53.4 Å². The number of piperidine rings is 1. The maximum Gasteiger partial charge on any atom is 0.298 e. The van der Waals surface area contributed by atoms with Crippen molar-refractivity contribution in [3.05, 3.63) is 70.7 Å². The monoisotopic (exact) mass is 689 g/mol. The van der Waals surface area contributed by atoms with Crippen molar-refractivity contribution in [1.29, 1.82) is 0 Å². The first-order valence-electron chi connectivity index (χ1n) is 15.4. The SMILES string of the molecule is NC1CC2CCC(C1)N2C(=O)[C@H](NS(=O)(=O)c1ccc(OCC2CCCCC2)cc1)C(F)(F)c1ccc2cc(Br)ccc2c1. The van der Waals surface area contributed by atoms with E-state index >= 15 is 8.78 Å². The predicted octanol–water partition coefficient (Wildman–Crippen LogP) is 6.48. The third kappa shape index (κ3) is 6.52. The van der Waals surface area contributed by atoms with Gasteiger partial charge in [0.1, 0.15) is 5.75 Å². The fourth-order valence-electron chi connectivity index (χ4n) is 7.10. The molecule has 0 spiro atoms. The van der Waals surface area contributed by atoms with Gasteiger partial charge in [-0.15, -0.1) is 0 Å². The molecule has 0 aromatic heterocycles. The summed E-state index contributed by atoms with van der Waals surface area (Å²) in [5.74, 6) is -3.80. The Hall–Kier alpha value is -2.60. The van der Waals surface area contributed by atoms with Crippen LogP contribution >= 0.6 is 15.9 Å². The molecular formula is C33H38BrF2N3O4S. The van der Waals surface area contributed by atoms with Crippen molar-refractivity contribution in [2.24, 2.45) is 11.7 Å². The number of nitrogens with one attached hydrogen (secondary N) is 1. The number of hydrogen-bond acceptors (Lipinski definition) is 5. The average molecular weight is 691 g/mol. The summed E-state index contributed by atoms with van der Waals surface area (Å²) in [6.07, 6.45) is 8.14. The Morgan fingerprint density at radius 2 is 1.59 bits per heavy atom. The van der Waals surface area contributed by atoms with Gasteiger partial charge in [0.15, 0.2) is 6.04 Å². The van der Waals surface area contributed by atoms with Crippen LogP contribution in [0.1, 0.15) is 63.4 Å². The van der Waals surface area contributed by atoms with Crippen LogP contribution in [0.5, 0.6) is 5.75 Å². The molecule has 3 aromatic rings. The van der Waals surface area contributed by atoms with Crippen molar-refractivity contribution in [2.45, 2.75) is 92.8 Å². The van der Waals surface area contributed by atoms with Crippen molar-refractivity contribution in [3.63, 3.8) is 0 Å². The predicted molar refractivity (Wildman–Crippen MR) is 169 cm³/mol. The molecule has 0 radical (unpaired) electrons. The third-order valence-corrected chi connectivity index (χ3v) is 11.4. The summed E-state index contributed by atoms with van der Waals surface area (Å²) in [6, 6.07) is 12.0. The first kappa shape index (κ1) is 31.4. The highest BCUT2D eigenvalue weighted by molar-refractivity contribution is 9.10. The van der Waals surface area contributed by atoms with E-state index in [2.05, 4.69) is 20.7 Å². The molecule has 2 heterocycles. The van der Waals surface area contributed by atoms with E-state index in [1.165, 1.54) is 60.6 Å². The number of carbonyl (C=O) groups is 1. The minimum Gasteiger partial charge on any atom is -0.493 e. The Morgan fingerprint density at radius 1 is 0.955 bits per heavy atom.